The highest BCUT2D eigenvalue weighted by Crippen LogP contribution is 2.41. The van der Waals surface area contributed by atoms with Crippen LogP contribution in [0.25, 0.3) is 0 Å². The normalized spacial score (nSPS) is 18.7. The van der Waals surface area contributed by atoms with Gasteiger partial charge in [0.1, 0.15) is 6.54 Å². The van der Waals surface area contributed by atoms with E-state index in [4.69, 9.17) is 5.11 Å². The fourth-order valence-electron chi connectivity index (χ4n) is 2.30. The number of halogens is 3. The number of amides is 1. The molecule has 0 unspecified atom stereocenters. The van der Waals surface area contributed by atoms with Gasteiger partial charge in [0.2, 0.25) is 5.91 Å². The van der Waals surface area contributed by atoms with Crippen molar-refractivity contribution in [3.8, 4) is 0 Å². The molecule has 1 rings (SSSR count). The zero-order valence-electron chi connectivity index (χ0n) is 10.1. The molecule has 0 aromatic carbocycles. The number of aliphatic carboxylic acids is 1. The van der Waals surface area contributed by atoms with Gasteiger partial charge in [-0.3, -0.25) is 9.59 Å². The minimum Gasteiger partial charge on any atom is -0.481 e. The van der Waals surface area contributed by atoms with Crippen LogP contribution in [-0.4, -0.2) is 41.7 Å². The van der Waals surface area contributed by atoms with Crippen molar-refractivity contribution in [2.75, 3.05) is 13.6 Å². The Morgan fingerprint density at radius 1 is 1.28 bits per heavy atom. The lowest BCUT2D eigenvalue weighted by molar-refractivity contribution is -0.163. The first-order valence-electron chi connectivity index (χ1n) is 5.70. The highest BCUT2D eigenvalue weighted by atomic mass is 19.4. The van der Waals surface area contributed by atoms with E-state index in [1.54, 1.807) is 0 Å². The predicted molar refractivity (Wildman–Crippen MR) is 56.8 cm³/mol. The summed E-state index contributed by atoms with van der Waals surface area (Å²) in [7, 11) is 1.04. The fourth-order valence-corrected chi connectivity index (χ4v) is 2.30. The third-order valence-electron chi connectivity index (χ3n) is 3.35. The van der Waals surface area contributed by atoms with E-state index in [1.807, 2.05) is 0 Å². The van der Waals surface area contributed by atoms with Crippen LogP contribution < -0.4 is 0 Å². The molecule has 0 aromatic rings. The van der Waals surface area contributed by atoms with E-state index in [2.05, 4.69) is 0 Å². The Morgan fingerprint density at radius 2 is 1.78 bits per heavy atom. The number of rotatable bonds is 4. The molecular formula is C11H16F3NO3. The molecule has 1 aliphatic carbocycles. The highest BCUT2D eigenvalue weighted by Gasteiger charge is 2.44. The molecular weight excluding hydrogens is 251 g/mol. The Bertz CT molecular complexity index is 335. The lowest BCUT2D eigenvalue weighted by Gasteiger charge is -2.26. The van der Waals surface area contributed by atoms with Crippen molar-refractivity contribution in [1.82, 2.24) is 4.90 Å². The van der Waals surface area contributed by atoms with Crippen LogP contribution in [0.3, 0.4) is 0 Å². The van der Waals surface area contributed by atoms with Crippen LogP contribution in [0.15, 0.2) is 0 Å². The van der Waals surface area contributed by atoms with Gasteiger partial charge >= 0.3 is 12.1 Å². The Hall–Kier alpha value is -1.27. The van der Waals surface area contributed by atoms with Gasteiger partial charge in [0.25, 0.3) is 0 Å². The van der Waals surface area contributed by atoms with Gasteiger partial charge in [-0.25, -0.2) is 0 Å². The molecule has 1 amide bonds. The van der Waals surface area contributed by atoms with Crippen LogP contribution in [0.4, 0.5) is 13.2 Å². The molecule has 1 fully saturated rings. The Balaban J connectivity index is 2.65. The summed E-state index contributed by atoms with van der Waals surface area (Å²) in [5.74, 6) is -1.86. The van der Waals surface area contributed by atoms with E-state index in [0.29, 0.717) is 30.6 Å². The Kier molecular flexibility index (Phi) is 4.24. The van der Waals surface area contributed by atoms with Crippen LogP contribution in [0, 0.1) is 5.41 Å². The van der Waals surface area contributed by atoms with E-state index >= 15 is 0 Å². The van der Waals surface area contributed by atoms with Crippen LogP contribution in [0.2, 0.25) is 0 Å². The number of alkyl halides is 3. The topological polar surface area (TPSA) is 57.6 Å². The summed E-state index contributed by atoms with van der Waals surface area (Å²) in [4.78, 5) is 23.4. The minimum atomic E-state index is -4.46. The van der Waals surface area contributed by atoms with Gasteiger partial charge in [-0.05, 0) is 12.8 Å². The number of hydrogen-bond donors (Lipinski definition) is 1. The molecule has 0 spiro atoms. The average Bonchev–Trinajstić information content (AvgIpc) is 2.64. The van der Waals surface area contributed by atoms with Gasteiger partial charge in [-0.1, -0.05) is 12.8 Å². The molecule has 18 heavy (non-hydrogen) atoms. The summed E-state index contributed by atoms with van der Waals surface area (Å²) in [6.45, 7) is -1.35. The number of carboxylic acid groups (broad SMARTS) is 1. The summed E-state index contributed by atoms with van der Waals surface area (Å²) < 4.78 is 36.4. The molecule has 0 aromatic heterocycles. The largest absolute Gasteiger partial charge is 0.481 e. The second-order valence-corrected chi connectivity index (χ2v) is 4.83. The number of hydrogen-bond acceptors (Lipinski definition) is 2. The summed E-state index contributed by atoms with van der Waals surface area (Å²) in [5.41, 5.74) is -1.17. The molecule has 0 atom stereocenters. The first kappa shape index (κ1) is 14.8. The average molecular weight is 267 g/mol. The molecule has 0 saturated heterocycles. The molecule has 0 radical (unpaired) electrons. The third-order valence-corrected chi connectivity index (χ3v) is 3.35. The Labute approximate surface area is 103 Å². The van der Waals surface area contributed by atoms with Gasteiger partial charge in [0, 0.05) is 13.5 Å². The maximum Gasteiger partial charge on any atom is 0.406 e. The van der Waals surface area contributed by atoms with Gasteiger partial charge in [-0.2, -0.15) is 13.2 Å². The summed E-state index contributed by atoms with van der Waals surface area (Å²) in [5, 5.41) is 9.13. The van der Waals surface area contributed by atoms with Crippen molar-refractivity contribution in [2.24, 2.45) is 5.41 Å². The van der Waals surface area contributed by atoms with Crippen molar-refractivity contribution in [3.63, 3.8) is 0 Å². The molecule has 1 saturated carbocycles. The maximum atomic E-state index is 12.1. The third kappa shape index (κ3) is 3.61. The number of carbonyl (C=O) groups is 2. The van der Waals surface area contributed by atoms with E-state index in [-0.39, 0.29) is 6.42 Å². The summed E-state index contributed by atoms with van der Waals surface area (Å²) in [6, 6.07) is 0. The zero-order chi connectivity index (χ0) is 14.0. The molecule has 1 aliphatic rings. The van der Waals surface area contributed by atoms with Crippen molar-refractivity contribution in [2.45, 2.75) is 38.3 Å². The lowest BCUT2D eigenvalue weighted by atomic mass is 9.82. The van der Waals surface area contributed by atoms with Crippen molar-refractivity contribution >= 4 is 11.9 Å². The number of carbonyl (C=O) groups excluding carboxylic acids is 1. The molecule has 7 heteroatoms. The van der Waals surface area contributed by atoms with E-state index in [1.165, 1.54) is 0 Å². The van der Waals surface area contributed by atoms with Gasteiger partial charge in [0.05, 0.1) is 5.41 Å². The van der Waals surface area contributed by atoms with Crippen molar-refractivity contribution < 1.29 is 27.9 Å². The second-order valence-electron chi connectivity index (χ2n) is 4.83. The molecule has 104 valence electrons. The quantitative estimate of drug-likeness (QED) is 0.848. The molecule has 0 bridgehead atoms. The summed E-state index contributed by atoms with van der Waals surface area (Å²) in [6.07, 6.45) is -2.71. The Morgan fingerprint density at radius 3 is 2.17 bits per heavy atom. The van der Waals surface area contributed by atoms with Crippen LogP contribution in [-0.2, 0) is 9.59 Å². The van der Waals surface area contributed by atoms with Gasteiger partial charge < -0.3 is 10.0 Å². The monoisotopic (exact) mass is 267 g/mol. The molecule has 4 nitrogen and oxygen atoms in total. The van der Waals surface area contributed by atoms with Gasteiger partial charge in [0.15, 0.2) is 0 Å². The van der Waals surface area contributed by atoms with Crippen LogP contribution in [0.1, 0.15) is 32.1 Å². The fraction of sp³-hybridized carbons (Fsp3) is 0.818. The first-order valence-corrected chi connectivity index (χ1v) is 5.70. The molecule has 0 heterocycles. The smallest absolute Gasteiger partial charge is 0.406 e. The first-order chi connectivity index (χ1) is 8.16. The van der Waals surface area contributed by atoms with E-state index in [0.717, 1.165) is 7.05 Å². The SMILES string of the molecule is CN(CC(F)(F)F)C(=O)CC1(C(=O)O)CCCC1. The lowest BCUT2D eigenvalue weighted by Crippen LogP contribution is -2.40. The van der Waals surface area contributed by atoms with Crippen molar-refractivity contribution in [3.05, 3.63) is 0 Å². The highest BCUT2D eigenvalue weighted by molar-refractivity contribution is 5.85. The molecule has 0 aliphatic heterocycles. The van der Waals surface area contributed by atoms with Crippen LogP contribution in [0.5, 0.6) is 0 Å². The number of carboxylic acids is 1. The van der Waals surface area contributed by atoms with Crippen molar-refractivity contribution in [1.29, 1.82) is 0 Å². The van der Waals surface area contributed by atoms with E-state index in [9.17, 15) is 22.8 Å². The maximum absolute atomic E-state index is 12.1. The van der Waals surface area contributed by atoms with Gasteiger partial charge in [-0.15, -0.1) is 0 Å². The van der Waals surface area contributed by atoms with E-state index < -0.39 is 30.0 Å². The summed E-state index contributed by atoms with van der Waals surface area (Å²) >= 11 is 0. The standard InChI is InChI=1S/C11H16F3NO3/c1-15(7-11(12,13)14)8(16)6-10(9(17)18)4-2-3-5-10/h2-7H2,1H3,(H,17,18). The predicted octanol–water partition coefficient (Wildman–Crippen LogP) is 2.04. The van der Waals surface area contributed by atoms with Crippen LogP contribution >= 0.6 is 0 Å². The molecule has 1 N–H and O–H groups in total. The second kappa shape index (κ2) is 5.16. The minimum absolute atomic E-state index is 0.352. The zero-order valence-corrected chi connectivity index (χ0v) is 10.1. The number of nitrogens with zero attached hydrogens (tertiary/aromatic N) is 1.